The van der Waals surface area contributed by atoms with Gasteiger partial charge in [-0.05, 0) is 51.6 Å². The van der Waals surface area contributed by atoms with E-state index in [-0.39, 0.29) is 16.8 Å². The third-order valence-corrected chi connectivity index (χ3v) is 6.54. The zero-order chi connectivity index (χ0) is 18.4. The number of nitrogens with one attached hydrogen (secondary N) is 1. The maximum atomic E-state index is 13.0. The molecule has 0 bridgehead atoms. The second-order valence-corrected chi connectivity index (χ2v) is 8.65. The molecule has 1 aromatic rings. The van der Waals surface area contributed by atoms with Crippen molar-refractivity contribution in [1.82, 2.24) is 14.5 Å². The van der Waals surface area contributed by atoms with Crippen LogP contribution < -0.4 is 5.32 Å². The number of hydrogen-bond donors (Lipinski definition) is 1. The van der Waals surface area contributed by atoms with Crippen molar-refractivity contribution in [2.45, 2.75) is 43.5 Å². The van der Waals surface area contributed by atoms with Crippen LogP contribution in [0.2, 0.25) is 0 Å². The van der Waals surface area contributed by atoms with Crippen LogP contribution in [0.25, 0.3) is 0 Å². The predicted octanol–water partition coefficient (Wildman–Crippen LogP) is 1.93. The van der Waals surface area contributed by atoms with Gasteiger partial charge in [-0.25, -0.2) is 8.42 Å². The number of likely N-dealkylation sites (N-methyl/N-ethyl adjacent to an activating group) is 1. The van der Waals surface area contributed by atoms with E-state index in [9.17, 15) is 13.2 Å². The fraction of sp³-hybridized carbons (Fsp3) is 0.611. The third kappa shape index (κ3) is 5.03. The molecule has 1 aliphatic rings. The molecular formula is C18H29N3O3S. The zero-order valence-electron chi connectivity index (χ0n) is 15.4. The first kappa shape index (κ1) is 19.9. The van der Waals surface area contributed by atoms with Gasteiger partial charge in [-0.2, -0.15) is 4.31 Å². The Bertz CT molecular complexity index is 689. The number of nitrogens with zero attached hydrogens (tertiary/aromatic N) is 2. The molecule has 1 heterocycles. The summed E-state index contributed by atoms with van der Waals surface area (Å²) >= 11 is 0. The van der Waals surface area contributed by atoms with Crippen molar-refractivity contribution in [3.8, 4) is 0 Å². The van der Waals surface area contributed by atoms with Crippen molar-refractivity contribution in [2.24, 2.45) is 0 Å². The fourth-order valence-electron chi connectivity index (χ4n) is 3.13. The van der Waals surface area contributed by atoms with Crippen LogP contribution >= 0.6 is 0 Å². The van der Waals surface area contributed by atoms with Crippen molar-refractivity contribution in [1.29, 1.82) is 0 Å². The Morgan fingerprint density at radius 1 is 1.32 bits per heavy atom. The molecule has 1 fully saturated rings. The number of rotatable bonds is 7. The SMILES string of the molecule is CCC1CCCCN1S(=O)(=O)c1cccc(C(=O)NCCN(C)C)c1. The lowest BCUT2D eigenvalue weighted by molar-refractivity contribution is 0.0951. The van der Waals surface area contributed by atoms with Crippen LogP contribution in [0.4, 0.5) is 0 Å². The highest BCUT2D eigenvalue weighted by atomic mass is 32.2. The summed E-state index contributed by atoms with van der Waals surface area (Å²) < 4.78 is 27.7. The van der Waals surface area contributed by atoms with Gasteiger partial charge in [0.25, 0.3) is 5.91 Å². The topological polar surface area (TPSA) is 69.7 Å². The van der Waals surface area contributed by atoms with Crippen molar-refractivity contribution < 1.29 is 13.2 Å². The molecule has 1 unspecified atom stereocenters. The van der Waals surface area contributed by atoms with E-state index in [4.69, 9.17) is 0 Å². The number of amides is 1. The van der Waals surface area contributed by atoms with Crippen molar-refractivity contribution in [3.63, 3.8) is 0 Å². The fourth-order valence-corrected chi connectivity index (χ4v) is 4.94. The minimum absolute atomic E-state index is 0.0522. The molecule has 140 valence electrons. The van der Waals surface area contributed by atoms with E-state index < -0.39 is 10.0 Å². The average Bonchev–Trinajstić information content (AvgIpc) is 2.61. The molecule has 1 N–H and O–H groups in total. The van der Waals surface area contributed by atoms with E-state index in [1.54, 1.807) is 22.5 Å². The maximum Gasteiger partial charge on any atom is 0.251 e. The first-order chi connectivity index (χ1) is 11.9. The molecule has 0 saturated carbocycles. The van der Waals surface area contributed by atoms with Gasteiger partial charge in [0.1, 0.15) is 0 Å². The van der Waals surface area contributed by atoms with E-state index in [0.29, 0.717) is 18.7 Å². The summed E-state index contributed by atoms with van der Waals surface area (Å²) in [6, 6.07) is 6.40. The number of sulfonamides is 1. The van der Waals surface area contributed by atoms with E-state index in [2.05, 4.69) is 5.32 Å². The van der Waals surface area contributed by atoms with E-state index >= 15 is 0 Å². The molecular weight excluding hydrogens is 338 g/mol. The minimum atomic E-state index is -3.57. The molecule has 1 atom stereocenters. The average molecular weight is 368 g/mol. The standard InChI is InChI=1S/C18H29N3O3S/c1-4-16-9-5-6-12-21(16)25(23,24)17-10-7-8-15(14-17)18(22)19-11-13-20(2)3/h7-8,10,14,16H,4-6,9,11-13H2,1-3H3,(H,19,22). The van der Waals surface area contributed by atoms with Gasteiger partial charge in [-0.1, -0.05) is 19.4 Å². The molecule has 7 heteroatoms. The lowest BCUT2D eigenvalue weighted by Crippen LogP contribution is -2.43. The molecule has 1 aromatic carbocycles. The normalized spacial score (nSPS) is 19.1. The van der Waals surface area contributed by atoms with E-state index in [0.717, 1.165) is 32.2 Å². The Hall–Kier alpha value is -1.44. The molecule has 25 heavy (non-hydrogen) atoms. The maximum absolute atomic E-state index is 13.0. The zero-order valence-corrected chi connectivity index (χ0v) is 16.2. The van der Waals surface area contributed by atoms with Crippen molar-refractivity contribution in [2.75, 3.05) is 33.7 Å². The summed E-state index contributed by atoms with van der Waals surface area (Å²) in [5, 5.41) is 2.82. The van der Waals surface area contributed by atoms with Gasteiger partial charge < -0.3 is 10.2 Å². The highest BCUT2D eigenvalue weighted by molar-refractivity contribution is 7.89. The molecule has 0 spiro atoms. The molecule has 1 saturated heterocycles. The van der Waals surface area contributed by atoms with Crippen LogP contribution in [-0.4, -0.2) is 63.3 Å². The second-order valence-electron chi connectivity index (χ2n) is 6.76. The molecule has 2 rings (SSSR count). The van der Waals surface area contributed by atoms with Crippen molar-refractivity contribution in [3.05, 3.63) is 29.8 Å². The van der Waals surface area contributed by atoms with Gasteiger partial charge in [0.2, 0.25) is 10.0 Å². The lowest BCUT2D eigenvalue weighted by atomic mass is 10.0. The number of carbonyl (C=O) groups is 1. The number of carbonyl (C=O) groups excluding carboxylic acids is 1. The van der Waals surface area contributed by atoms with Gasteiger partial charge in [-0.3, -0.25) is 4.79 Å². The van der Waals surface area contributed by atoms with Gasteiger partial charge in [0.15, 0.2) is 0 Å². The third-order valence-electron chi connectivity index (χ3n) is 4.59. The largest absolute Gasteiger partial charge is 0.351 e. The Balaban J connectivity index is 2.17. The van der Waals surface area contributed by atoms with Crippen LogP contribution in [0.3, 0.4) is 0 Å². The summed E-state index contributed by atoms with van der Waals surface area (Å²) in [7, 11) is 0.297. The van der Waals surface area contributed by atoms with Crippen LogP contribution in [0.1, 0.15) is 43.0 Å². The molecule has 0 radical (unpaired) electrons. The van der Waals surface area contributed by atoms with E-state index in [1.165, 1.54) is 6.07 Å². The molecule has 1 amide bonds. The van der Waals surface area contributed by atoms with E-state index in [1.807, 2.05) is 25.9 Å². The highest BCUT2D eigenvalue weighted by Gasteiger charge is 2.32. The Kier molecular flexibility index (Phi) is 6.98. The lowest BCUT2D eigenvalue weighted by Gasteiger charge is -2.34. The Labute approximate surface area is 151 Å². The van der Waals surface area contributed by atoms with Crippen molar-refractivity contribution >= 4 is 15.9 Å². The van der Waals surface area contributed by atoms with Gasteiger partial charge in [0, 0.05) is 31.2 Å². The summed E-state index contributed by atoms with van der Waals surface area (Å²) in [6.07, 6.45) is 3.67. The van der Waals surface area contributed by atoms with Gasteiger partial charge in [0.05, 0.1) is 4.90 Å². The first-order valence-corrected chi connectivity index (χ1v) is 10.3. The molecule has 6 nitrogen and oxygen atoms in total. The Morgan fingerprint density at radius 2 is 2.08 bits per heavy atom. The van der Waals surface area contributed by atoms with Crippen LogP contribution in [-0.2, 0) is 10.0 Å². The summed E-state index contributed by atoms with van der Waals surface area (Å²) in [5.74, 6) is -0.246. The highest BCUT2D eigenvalue weighted by Crippen LogP contribution is 2.27. The van der Waals surface area contributed by atoms with Gasteiger partial charge in [-0.15, -0.1) is 0 Å². The summed E-state index contributed by atoms with van der Waals surface area (Å²) in [6.45, 7) is 3.83. The number of benzene rings is 1. The van der Waals surface area contributed by atoms with Crippen LogP contribution in [0.5, 0.6) is 0 Å². The molecule has 0 aliphatic carbocycles. The van der Waals surface area contributed by atoms with Crippen LogP contribution in [0, 0.1) is 0 Å². The molecule has 0 aromatic heterocycles. The number of hydrogen-bond acceptors (Lipinski definition) is 4. The summed E-state index contributed by atoms with van der Waals surface area (Å²) in [5.41, 5.74) is 0.380. The summed E-state index contributed by atoms with van der Waals surface area (Å²) in [4.78, 5) is 14.4. The first-order valence-electron chi connectivity index (χ1n) is 8.91. The quantitative estimate of drug-likeness (QED) is 0.799. The second kappa shape index (κ2) is 8.78. The monoisotopic (exact) mass is 367 g/mol. The Morgan fingerprint density at radius 3 is 2.76 bits per heavy atom. The minimum Gasteiger partial charge on any atom is -0.351 e. The predicted molar refractivity (Wildman–Crippen MR) is 99.2 cm³/mol. The number of piperidine rings is 1. The van der Waals surface area contributed by atoms with Crippen LogP contribution in [0.15, 0.2) is 29.2 Å². The molecule has 1 aliphatic heterocycles. The smallest absolute Gasteiger partial charge is 0.251 e. The van der Waals surface area contributed by atoms with Gasteiger partial charge >= 0.3 is 0 Å².